The number of nitrogens with one attached hydrogen (secondary N) is 2. The molecule has 4 nitrogen and oxygen atoms in total. The van der Waals surface area contributed by atoms with E-state index in [1.807, 2.05) is 31.3 Å². The lowest BCUT2D eigenvalue weighted by atomic mass is 9.99. The lowest BCUT2D eigenvalue weighted by Crippen LogP contribution is -2.35. The Kier molecular flexibility index (Phi) is 6.05. The van der Waals surface area contributed by atoms with Gasteiger partial charge in [0.05, 0.1) is 5.56 Å². The Balaban J connectivity index is 1.70. The van der Waals surface area contributed by atoms with Crippen LogP contribution in [0.2, 0.25) is 0 Å². The topological polar surface area (TPSA) is 44.4 Å². The van der Waals surface area contributed by atoms with Crippen LogP contribution in [-0.2, 0) is 0 Å². The minimum atomic E-state index is 0.00668. The van der Waals surface area contributed by atoms with E-state index in [2.05, 4.69) is 22.5 Å². The molecule has 1 aliphatic heterocycles. The third kappa shape index (κ3) is 4.74. The average molecular weight is 289 g/mol. The van der Waals surface area contributed by atoms with E-state index in [0.29, 0.717) is 5.56 Å². The van der Waals surface area contributed by atoms with Gasteiger partial charge < -0.3 is 15.5 Å². The van der Waals surface area contributed by atoms with Gasteiger partial charge in [0.2, 0.25) is 0 Å². The molecule has 21 heavy (non-hydrogen) atoms. The summed E-state index contributed by atoms with van der Waals surface area (Å²) in [4.78, 5) is 14.7. The Hall–Kier alpha value is -1.55. The Morgan fingerprint density at radius 3 is 2.71 bits per heavy atom. The van der Waals surface area contributed by atoms with Crippen LogP contribution in [0.3, 0.4) is 0 Å². The van der Waals surface area contributed by atoms with Crippen molar-refractivity contribution in [2.75, 3.05) is 38.5 Å². The number of piperidine rings is 1. The van der Waals surface area contributed by atoms with Crippen LogP contribution >= 0.6 is 0 Å². The van der Waals surface area contributed by atoms with Crippen molar-refractivity contribution in [2.24, 2.45) is 5.92 Å². The molecular formula is C17H27N3O. The van der Waals surface area contributed by atoms with Crippen molar-refractivity contribution in [3.05, 3.63) is 29.8 Å². The number of carbonyl (C=O) groups excluding carboxylic acids is 1. The van der Waals surface area contributed by atoms with Gasteiger partial charge in [-0.15, -0.1) is 0 Å². The van der Waals surface area contributed by atoms with Crippen LogP contribution in [0.5, 0.6) is 0 Å². The second-order valence-corrected chi connectivity index (χ2v) is 5.93. The second-order valence-electron chi connectivity index (χ2n) is 5.93. The van der Waals surface area contributed by atoms with Gasteiger partial charge in [0.15, 0.2) is 0 Å². The van der Waals surface area contributed by atoms with Gasteiger partial charge >= 0.3 is 0 Å². The van der Waals surface area contributed by atoms with Crippen molar-refractivity contribution in [1.82, 2.24) is 10.2 Å². The van der Waals surface area contributed by atoms with Gasteiger partial charge in [-0.3, -0.25) is 4.79 Å². The molecule has 116 valence electrons. The van der Waals surface area contributed by atoms with Gasteiger partial charge in [-0.2, -0.15) is 0 Å². The van der Waals surface area contributed by atoms with E-state index in [4.69, 9.17) is 0 Å². The maximum atomic E-state index is 12.2. The molecule has 1 heterocycles. The zero-order valence-electron chi connectivity index (χ0n) is 13.2. The van der Waals surface area contributed by atoms with Crippen LogP contribution in [-0.4, -0.2) is 44.0 Å². The van der Waals surface area contributed by atoms with Gasteiger partial charge in [-0.1, -0.05) is 19.1 Å². The first-order valence-electron chi connectivity index (χ1n) is 7.98. The normalized spacial score (nSPS) is 16.7. The molecular weight excluding hydrogens is 262 g/mol. The second kappa shape index (κ2) is 8.03. The van der Waals surface area contributed by atoms with Crippen molar-refractivity contribution in [3.8, 4) is 0 Å². The molecule has 2 rings (SSSR count). The lowest BCUT2D eigenvalue weighted by Gasteiger charge is -2.30. The van der Waals surface area contributed by atoms with Crippen molar-refractivity contribution >= 4 is 11.6 Å². The van der Waals surface area contributed by atoms with E-state index in [-0.39, 0.29) is 5.91 Å². The summed E-state index contributed by atoms with van der Waals surface area (Å²) in [6, 6.07) is 7.60. The summed E-state index contributed by atoms with van der Waals surface area (Å²) < 4.78 is 0. The van der Waals surface area contributed by atoms with E-state index >= 15 is 0 Å². The number of amides is 1. The maximum absolute atomic E-state index is 12.2. The molecule has 0 aromatic heterocycles. The van der Waals surface area contributed by atoms with Crippen LogP contribution in [0, 0.1) is 5.92 Å². The van der Waals surface area contributed by atoms with Crippen molar-refractivity contribution < 1.29 is 4.79 Å². The standard InChI is InChI=1S/C17H27N3O/c1-14-8-12-20(13-9-14)11-5-10-19-17(21)15-6-3-4-7-16(15)18-2/h3-4,6-7,14,18H,5,8-13H2,1-2H3,(H,19,21). The fourth-order valence-electron chi connectivity index (χ4n) is 2.78. The van der Waals surface area contributed by atoms with Crippen LogP contribution in [0.15, 0.2) is 24.3 Å². The first-order valence-corrected chi connectivity index (χ1v) is 7.98. The number of anilines is 1. The predicted molar refractivity (Wildman–Crippen MR) is 87.8 cm³/mol. The molecule has 1 amide bonds. The van der Waals surface area contributed by atoms with Gasteiger partial charge in [0.25, 0.3) is 5.91 Å². The zero-order chi connectivity index (χ0) is 15.1. The monoisotopic (exact) mass is 289 g/mol. The van der Waals surface area contributed by atoms with Crippen LogP contribution < -0.4 is 10.6 Å². The van der Waals surface area contributed by atoms with Crippen molar-refractivity contribution in [3.63, 3.8) is 0 Å². The fourth-order valence-corrected chi connectivity index (χ4v) is 2.78. The third-order valence-corrected chi connectivity index (χ3v) is 4.25. The van der Waals surface area contributed by atoms with E-state index in [9.17, 15) is 4.79 Å². The summed E-state index contributed by atoms with van der Waals surface area (Å²) >= 11 is 0. The maximum Gasteiger partial charge on any atom is 0.253 e. The average Bonchev–Trinajstić information content (AvgIpc) is 2.53. The number of nitrogens with zero attached hydrogens (tertiary/aromatic N) is 1. The summed E-state index contributed by atoms with van der Waals surface area (Å²) in [6.45, 7) is 6.57. The predicted octanol–water partition coefficient (Wildman–Crippen LogP) is 2.58. The smallest absolute Gasteiger partial charge is 0.253 e. The number of hydrogen-bond acceptors (Lipinski definition) is 3. The SMILES string of the molecule is CNc1ccccc1C(=O)NCCCN1CCC(C)CC1. The summed E-state index contributed by atoms with van der Waals surface area (Å²) in [7, 11) is 1.84. The molecule has 0 aliphatic carbocycles. The number of benzene rings is 1. The number of likely N-dealkylation sites (tertiary alicyclic amines) is 1. The first kappa shape index (κ1) is 15.8. The summed E-state index contributed by atoms with van der Waals surface area (Å²) in [6.07, 6.45) is 3.63. The largest absolute Gasteiger partial charge is 0.387 e. The Morgan fingerprint density at radius 2 is 2.00 bits per heavy atom. The molecule has 0 radical (unpaired) electrons. The number of hydrogen-bond donors (Lipinski definition) is 2. The molecule has 0 saturated carbocycles. The lowest BCUT2D eigenvalue weighted by molar-refractivity contribution is 0.0951. The molecule has 1 aromatic rings. The Labute approximate surface area is 127 Å². The van der Waals surface area contributed by atoms with Gasteiger partial charge in [-0.25, -0.2) is 0 Å². The summed E-state index contributed by atoms with van der Waals surface area (Å²) in [5.41, 5.74) is 1.59. The van der Waals surface area contributed by atoms with Gasteiger partial charge in [0.1, 0.15) is 0 Å². The van der Waals surface area contributed by atoms with Crippen LogP contribution in [0.25, 0.3) is 0 Å². The molecule has 0 bridgehead atoms. The number of carbonyl (C=O) groups is 1. The highest BCUT2D eigenvalue weighted by molar-refractivity contribution is 5.99. The molecule has 0 spiro atoms. The van der Waals surface area contributed by atoms with Crippen molar-refractivity contribution in [2.45, 2.75) is 26.2 Å². The highest BCUT2D eigenvalue weighted by Gasteiger charge is 2.15. The Bertz CT molecular complexity index is 453. The van der Waals surface area contributed by atoms with Gasteiger partial charge in [0, 0.05) is 19.3 Å². The molecule has 2 N–H and O–H groups in total. The molecule has 0 atom stereocenters. The minimum Gasteiger partial charge on any atom is -0.387 e. The fraction of sp³-hybridized carbons (Fsp3) is 0.588. The summed E-state index contributed by atoms with van der Waals surface area (Å²) in [5, 5.41) is 6.07. The van der Waals surface area contributed by atoms with E-state index in [1.54, 1.807) is 0 Å². The van der Waals surface area contributed by atoms with E-state index in [0.717, 1.165) is 31.1 Å². The molecule has 1 aromatic carbocycles. The molecule has 1 aliphatic rings. The zero-order valence-corrected chi connectivity index (χ0v) is 13.2. The Morgan fingerprint density at radius 1 is 1.29 bits per heavy atom. The molecule has 4 heteroatoms. The van der Waals surface area contributed by atoms with Crippen LogP contribution in [0.4, 0.5) is 5.69 Å². The number of para-hydroxylation sites is 1. The molecule has 0 unspecified atom stereocenters. The minimum absolute atomic E-state index is 0.00668. The summed E-state index contributed by atoms with van der Waals surface area (Å²) in [5.74, 6) is 0.881. The van der Waals surface area contributed by atoms with Crippen molar-refractivity contribution in [1.29, 1.82) is 0 Å². The highest BCUT2D eigenvalue weighted by atomic mass is 16.1. The number of rotatable bonds is 6. The first-order chi connectivity index (χ1) is 10.2. The van der Waals surface area contributed by atoms with E-state index < -0.39 is 0 Å². The highest BCUT2D eigenvalue weighted by Crippen LogP contribution is 2.16. The molecule has 1 fully saturated rings. The van der Waals surface area contributed by atoms with E-state index in [1.165, 1.54) is 25.9 Å². The third-order valence-electron chi connectivity index (χ3n) is 4.25. The van der Waals surface area contributed by atoms with Gasteiger partial charge in [-0.05, 0) is 56.9 Å². The molecule has 1 saturated heterocycles. The van der Waals surface area contributed by atoms with Crippen LogP contribution in [0.1, 0.15) is 36.5 Å². The quantitative estimate of drug-likeness (QED) is 0.791.